The second-order valence-electron chi connectivity index (χ2n) is 4.16. The lowest BCUT2D eigenvalue weighted by molar-refractivity contribution is 0.109. The summed E-state index contributed by atoms with van der Waals surface area (Å²) < 4.78 is 12.8. The highest BCUT2D eigenvalue weighted by molar-refractivity contribution is 4.90. The van der Waals surface area contributed by atoms with Gasteiger partial charge in [0.15, 0.2) is 0 Å². The molecule has 1 heterocycles. The van der Waals surface area contributed by atoms with Crippen LogP contribution in [-0.4, -0.2) is 40.9 Å². The van der Waals surface area contributed by atoms with E-state index in [1.165, 1.54) is 0 Å². The first-order valence-electron chi connectivity index (χ1n) is 3.98. The predicted molar refractivity (Wildman–Crippen MR) is 42.2 cm³/mol. The molecule has 1 aliphatic heterocycles. The first-order valence-corrected chi connectivity index (χ1v) is 3.98. The van der Waals surface area contributed by atoms with Crippen molar-refractivity contribution in [2.75, 3.05) is 13.1 Å². The number of aliphatic hydroxyl groups is 1. The van der Waals surface area contributed by atoms with Crippen molar-refractivity contribution in [3.05, 3.63) is 0 Å². The van der Waals surface area contributed by atoms with Crippen molar-refractivity contribution in [3.63, 3.8) is 0 Å². The molecule has 0 spiro atoms. The van der Waals surface area contributed by atoms with Crippen molar-refractivity contribution in [2.24, 2.45) is 0 Å². The number of aliphatic hydroxyl groups excluding tert-OH is 1. The van der Waals surface area contributed by atoms with Crippen molar-refractivity contribution < 1.29 is 9.50 Å². The van der Waals surface area contributed by atoms with Gasteiger partial charge < -0.3 is 5.11 Å². The number of hydrogen-bond acceptors (Lipinski definition) is 2. The first kappa shape index (κ1) is 8.94. The minimum atomic E-state index is -1.06. The molecule has 0 bridgehead atoms. The van der Waals surface area contributed by atoms with Crippen LogP contribution in [0, 0.1) is 0 Å². The minimum Gasteiger partial charge on any atom is -0.389 e. The first-order chi connectivity index (χ1) is 4.91. The maximum absolute atomic E-state index is 12.8. The third-order valence-corrected chi connectivity index (χ3v) is 2.17. The zero-order chi connectivity index (χ0) is 8.65. The van der Waals surface area contributed by atoms with Crippen LogP contribution in [0.4, 0.5) is 4.39 Å². The number of nitrogens with zero attached hydrogens (tertiary/aromatic N) is 1. The lowest BCUT2D eigenvalue weighted by atomic mass is 10.1. The molecule has 11 heavy (non-hydrogen) atoms. The molecule has 0 aromatic carbocycles. The van der Waals surface area contributed by atoms with Gasteiger partial charge in [-0.2, -0.15) is 0 Å². The normalized spacial score (nSPS) is 34.6. The van der Waals surface area contributed by atoms with E-state index in [-0.39, 0.29) is 5.54 Å². The fourth-order valence-corrected chi connectivity index (χ4v) is 1.29. The summed E-state index contributed by atoms with van der Waals surface area (Å²) in [6.45, 7) is 6.91. The molecule has 0 aliphatic carbocycles. The average molecular weight is 161 g/mol. The van der Waals surface area contributed by atoms with Crippen LogP contribution in [0.5, 0.6) is 0 Å². The summed E-state index contributed by atoms with van der Waals surface area (Å²) in [5.74, 6) is 0. The molecule has 1 N–H and O–H groups in total. The van der Waals surface area contributed by atoms with Crippen LogP contribution in [0.1, 0.15) is 20.8 Å². The summed E-state index contributed by atoms with van der Waals surface area (Å²) in [6, 6.07) is 0. The molecule has 0 unspecified atom stereocenters. The van der Waals surface area contributed by atoms with E-state index < -0.39 is 12.3 Å². The van der Waals surface area contributed by atoms with Gasteiger partial charge in [-0.15, -0.1) is 0 Å². The number of alkyl halides is 1. The molecule has 0 saturated carbocycles. The average Bonchev–Trinajstić information content (AvgIpc) is 2.11. The second kappa shape index (κ2) is 2.72. The van der Waals surface area contributed by atoms with E-state index in [0.717, 1.165) is 0 Å². The summed E-state index contributed by atoms with van der Waals surface area (Å²) in [5.41, 5.74) is -0.0260. The number of halogens is 1. The zero-order valence-electron chi connectivity index (χ0n) is 7.34. The molecular weight excluding hydrogens is 145 g/mol. The molecule has 2 nitrogen and oxygen atoms in total. The van der Waals surface area contributed by atoms with E-state index in [1.54, 1.807) is 0 Å². The predicted octanol–water partition coefficient (Wildman–Crippen LogP) is 0.800. The molecule has 0 amide bonds. The van der Waals surface area contributed by atoms with Crippen LogP contribution in [0.15, 0.2) is 0 Å². The number of β-amino-alcohol motifs (C(OH)–C–C–N with tert-alkyl or cyclic N) is 1. The lowest BCUT2D eigenvalue weighted by Gasteiger charge is -2.30. The number of rotatable bonds is 0. The number of likely N-dealkylation sites (tertiary alicyclic amines) is 1. The monoisotopic (exact) mass is 161 g/mol. The third-order valence-electron chi connectivity index (χ3n) is 2.17. The van der Waals surface area contributed by atoms with E-state index in [9.17, 15) is 4.39 Å². The fraction of sp³-hybridized carbons (Fsp3) is 1.00. The Morgan fingerprint density at radius 3 is 2.09 bits per heavy atom. The van der Waals surface area contributed by atoms with Gasteiger partial charge in [-0.1, -0.05) is 0 Å². The van der Waals surface area contributed by atoms with Crippen LogP contribution in [-0.2, 0) is 0 Å². The van der Waals surface area contributed by atoms with Crippen LogP contribution in [0.25, 0.3) is 0 Å². The molecule has 1 aliphatic rings. The topological polar surface area (TPSA) is 23.5 Å². The van der Waals surface area contributed by atoms with Crippen LogP contribution < -0.4 is 0 Å². The van der Waals surface area contributed by atoms with E-state index >= 15 is 0 Å². The van der Waals surface area contributed by atoms with Crippen LogP contribution in [0.3, 0.4) is 0 Å². The minimum absolute atomic E-state index is 0.0260. The Labute approximate surface area is 67.0 Å². The summed E-state index contributed by atoms with van der Waals surface area (Å²) in [4.78, 5) is 1.96. The fourth-order valence-electron chi connectivity index (χ4n) is 1.29. The van der Waals surface area contributed by atoms with Gasteiger partial charge in [0.1, 0.15) is 6.17 Å². The van der Waals surface area contributed by atoms with Crippen molar-refractivity contribution in [2.45, 2.75) is 38.6 Å². The number of hydrogen-bond donors (Lipinski definition) is 1. The molecular formula is C8H16FNO. The Morgan fingerprint density at radius 1 is 1.36 bits per heavy atom. The van der Waals surface area contributed by atoms with E-state index in [1.807, 2.05) is 25.7 Å². The molecule has 1 rings (SSSR count). The Morgan fingerprint density at radius 2 is 1.91 bits per heavy atom. The van der Waals surface area contributed by atoms with E-state index in [2.05, 4.69) is 0 Å². The van der Waals surface area contributed by atoms with Gasteiger partial charge in [0.05, 0.1) is 6.10 Å². The molecule has 1 fully saturated rings. The van der Waals surface area contributed by atoms with Crippen LogP contribution in [0.2, 0.25) is 0 Å². The van der Waals surface area contributed by atoms with Crippen molar-refractivity contribution >= 4 is 0 Å². The van der Waals surface area contributed by atoms with Crippen molar-refractivity contribution in [1.82, 2.24) is 4.90 Å². The molecule has 2 atom stereocenters. The van der Waals surface area contributed by atoms with Gasteiger partial charge in [0, 0.05) is 18.6 Å². The van der Waals surface area contributed by atoms with Gasteiger partial charge in [-0.25, -0.2) is 4.39 Å². The van der Waals surface area contributed by atoms with Crippen molar-refractivity contribution in [1.29, 1.82) is 0 Å². The molecule has 66 valence electrons. The summed E-state index contributed by atoms with van der Waals surface area (Å²) in [6.07, 6.45) is -1.84. The maximum Gasteiger partial charge on any atom is 0.140 e. The molecule has 0 aromatic heterocycles. The highest BCUT2D eigenvalue weighted by Crippen LogP contribution is 2.22. The Hall–Kier alpha value is -0.150. The van der Waals surface area contributed by atoms with Gasteiger partial charge in [-0.3, -0.25) is 4.90 Å². The molecule has 1 saturated heterocycles. The maximum atomic E-state index is 12.8. The highest BCUT2D eigenvalue weighted by Gasteiger charge is 2.36. The molecule has 0 radical (unpaired) electrons. The van der Waals surface area contributed by atoms with Crippen LogP contribution >= 0.6 is 0 Å². The Bertz CT molecular complexity index is 134. The molecule has 3 heteroatoms. The summed E-state index contributed by atoms with van der Waals surface area (Å²) >= 11 is 0. The van der Waals surface area contributed by atoms with Gasteiger partial charge in [0.2, 0.25) is 0 Å². The quantitative estimate of drug-likeness (QED) is 0.568. The summed E-state index contributed by atoms with van der Waals surface area (Å²) in [7, 11) is 0. The Kier molecular flexibility index (Phi) is 2.21. The molecule has 0 aromatic rings. The second-order valence-corrected chi connectivity index (χ2v) is 4.16. The third kappa shape index (κ3) is 1.91. The van der Waals surface area contributed by atoms with Crippen molar-refractivity contribution in [3.8, 4) is 0 Å². The zero-order valence-corrected chi connectivity index (χ0v) is 7.34. The standard InChI is InChI=1S/C8H16FNO/c1-8(2,3)10-4-6(9)7(11)5-10/h6-7,11H,4-5H2,1-3H3/t6-,7-/m1/s1. The SMILES string of the molecule is CC(C)(C)N1C[C@@H](O)[C@H](F)C1. The largest absolute Gasteiger partial charge is 0.389 e. The highest BCUT2D eigenvalue weighted by atomic mass is 19.1. The Balaban J connectivity index is 2.54. The van der Waals surface area contributed by atoms with E-state index in [4.69, 9.17) is 5.11 Å². The van der Waals surface area contributed by atoms with Gasteiger partial charge in [0.25, 0.3) is 0 Å². The lowest BCUT2D eigenvalue weighted by Crippen LogP contribution is -2.40. The van der Waals surface area contributed by atoms with Gasteiger partial charge >= 0.3 is 0 Å². The van der Waals surface area contributed by atoms with E-state index in [0.29, 0.717) is 13.1 Å². The smallest absolute Gasteiger partial charge is 0.140 e. The summed E-state index contributed by atoms with van der Waals surface area (Å²) in [5, 5.41) is 9.11. The van der Waals surface area contributed by atoms with Gasteiger partial charge in [-0.05, 0) is 20.8 Å².